The van der Waals surface area contributed by atoms with Gasteiger partial charge in [0.25, 0.3) is 0 Å². The van der Waals surface area contributed by atoms with Crippen molar-refractivity contribution in [3.05, 3.63) is 53.6 Å². The predicted octanol–water partition coefficient (Wildman–Crippen LogP) is 5.88. The molecule has 1 aromatic rings. The predicted molar refractivity (Wildman–Crippen MR) is 178 cm³/mol. The van der Waals surface area contributed by atoms with Gasteiger partial charge in [0.15, 0.2) is 5.60 Å². The quantitative estimate of drug-likeness (QED) is 0.0594. The number of hydrogen-bond acceptors (Lipinski definition) is 7. The van der Waals surface area contributed by atoms with Crippen LogP contribution in [0.5, 0.6) is 5.75 Å². The first-order valence-electron chi connectivity index (χ1n) is 16.5. The van der Waals surface area contributed by atoms with E-state index in [4.69, 9.17) is 4.74 Å². The molecule has 1 unspecified atom stereocenters. The average Bonchev–Trinajstić information content (AvgIpc) is 2.99. The number of hydrogen-bond donors (Lipinski definition) is 5. The van der Waals surface area contributed by atoms with Crippen LogP contribution in [0.3, 0.4) is 0 Å². The van der Waals surface area contributed by atoms with E-state index in [2.05, 4.69) is 12.2 Å². The number of ketones is 1. The number of carbonyl (C=O) groups excluding carboxylic acids is 2. The van der Waals surface area contributed by atoms with Crippen molar-refractivity contribution >= 4 is 29.6 Å². The van der Waals surface area contributed by atoms with Crippen LogP contribution in [0.15, 0.2) is 48.1 Å². The molecule has 0 aliphatic rings. The van der Waals surface area contributed by atoms with Crippen LogP contribution in [0.2, 0.25) is 0 Å². The normalized spacial score (nSPS) is 13.7. The number of ether oxygens (including phenoxy) is 1. The van der Waals surface area contributed by atoms with Crippen LogP contribution in [0.1, 0.15) is 110 Å². The second-order valence-corrected chi connectivity index (χ2v) is 12.2. The Labute approximate surface area is 278 Å². The number of unbranched alkanes of at least 4 members (excludes halogenated alkanes) is 8. The Morgan fingerprint density at radius 2 is 1.47 bits per heavy atom. The van der Waals surface area contributed by atoms with Gasteiger partial charge >= 0.3 is 17.9 Å². The number of benzene rings is 1. The van der Waals surface area contributed by atoms with Gasteiger partial charge < -0.3 is 30.5 Å². The molecule has 0 saturated carbocycles. The molecule has 1 rings (SSSR count). The van der Waals surface area contributed by atoms with Gasteiger partial charge in [-0.05, 0) is 63.3 Å². The Kier molecular flexibility index (Phi) is 19.7. The van der Waals surface area contributed by atoms with Gasteiger partial charge in [0.05, 0.1) is 12.3 Å². The van der Waals surface area contributed by atoms with Gasteiger partial charge in [0.2, 0.25) is 5.91 Å². The van der Waals surface area contributed by atoms with Crippen molar-refractivity contribution in [1.29, 1.82) is 0 Å². The third-order valence-electron chi connectivity index (χ3n) is 7.77. The fraction of sp³-hybridized carbons (Fsp3) is 0.583. The number of allylic oxidation sites excluding steroid dienone is 2. The molecule has 0 radical (unpaired) electrons. The van der Waals surface area contributed by atoms with Crippen LogP contribution in [0.25, 0.3) is 0 Å². The number of rotatable bonds is 26. The van der Waals surface area contributed by atoms with Crippen molar-refractivity contribution in [2.45, 2.75) is 122 Å². The van der Waals surface area contributed by atoms with Gasteiger partial charge in [-0.2, -0.15) is 0 Å². The van der Waals surface area contributed by atoms with E-state index >= 15 is 0 Å². The first-order chi connectivity index (χ1) is 22.3. The van der Waals surface area contributed by atoms with Crippen molar-refractivity contribution in [2.24, 2.45) is 5.92 Å². The Hall–Kier alpha value is -3.99. The number of carboxylic acids is 3. The number of nitrogens with one attached hydrogen (secondary N) is 1. The van der Waals surface area contributed by atoms with Gasteiger partial charge in [-0.1, -0.05) is 75.3 Å². The molecular formula is C36H53NO10. The van der Waals surface area contributed by atoms with Crippen LogP contribution in [-0.4, -0.2) is 68.3 Å². The van der Waals surface area contributed by atoms with E-state index in [1.807, 2.05) is 19.9 Å². The average molecular weight is 660 g/mol. The monoisotopic (exact) mass is 659 g/mol. The van der Waals surface area contributed by atoms with Gasteiger partial charge in [-0.3, -0.25) is 14.4 Å². The van der Waals surface area contributed by atoms with Gasteiger partial charge in [-0.15, -0.1) is 0 Å². The Balaban J connectivity index is 2.84. The summed E-state index contributed by atoms with van der Waals surface area (Å²) in [4.78, 5) is 60.9. The van der Waals surface area contributed by atoms with Crippen LogP contribution < -0.4 is 10.1 Å². The lowest BCUT2D eigenvalue weighted by atomic mass is 9.82. The number of carboxylic acid groups (broad SMARTS) is 3. The molecule has 1 amide bonds. The summed E-state index contributed by atoms with van der Waals surface area (Å²) in [6.45, 7) is 6.40. The summed E-state index contributed by atoms with van der Waals surface area (Å²) in [6, 6.07) is 5.10. The van der Waals surface area contributed by atoms with E-state index in [9.17, 15) is 44.4 Å². The fourth-order valence-electron chi connectivity index (χ4n) is 4.96. The summed E-state index contributed by atoms with van der Waals surface area (Å²) in [5, 5.41) is 42.1. The SMILES string of the molecule is CCCCCCCC(=O)CCCCCC/C=C/[C@H](C(=O)N[C@@H](Cc1ccc(OCC=C(C)C)cc1)C(=O)O)C(O)(CC(=O)O)C(=O)O. The molecule has 0 fully saturated rings. The van der Waals surface area contributed by atoms with E-state index in [-0.39, 0.29) is 12.2 Å². The molecule has 11 nitrogen and oxygen atoms in total. The first kappa shape index (κ1) is 41.0. The molecule has 0 aromatic heterocycles. The smallest absolute Gasteiger partial charge is 0.337 e. The third-order valence-corrected chi connectivity index (χ3v) is 7.77. The minimum absolute atomic E-state index is 0.155. The van der Waals surface area contributed by atoms with E-state index in [0.29, 0.717) is 43.6 Å². The minimum Gasteiger partial charge on any atom is -0.490 e. The Bertz CT molecular complexity index is 1200. The van der Waals surface area contributed by atoms with Crippen LogP contribution in [-0.2, 0) is 30.4 Å². The number of aliphatic hydroxyl groups is 1. The zero-order valence-electron chi connectivity index (χ0n) is 28.0. The zero-order valence-corrected chi connectivity index (χ0v) is 28.0. The van der Waals surface area contributed by atoms with Gasteiger partial charge in [0.1, 0.15) is 24.2 Å². The van der Waals surface area contributed by atoms with E-state index in [1.165, 1.54) is 12.5 Å². The lowest BCUT2D eigenvalue weighted by Crippen LogP contribution is -2.55. The van der Waals surface area contributed by atoms with Crippen molar-refractivity contribution < 1.29 is 49.1 Å². The number of Topliss-reactive ketones (excluding diaryl/α,β-unsaturated/α-hetero) is 1. The first-order valence-corrected chi connectivity index (χ1v) is 16.5. The minimum atomic E-state index is -3.02. The highest BCUT2D eigenvalue weighted by Gasteiger charge is 2.49. The second kappa shape index (κ2) is 22.5. The zero-order chi connectivity index (χ0) is 35.2. The van der Waals surface area contributed by atoms with E-state index < -0.39 is 47.8 Å². The molecule has 5 N–H and O–H groups in total. The van der Waals surface area contributed by atoms with Gasteiger partial charge in [0, 0.05) is 19.3 Å². The molecule has 47 heavy (non-hydrogen) atoms. The summed E-state index contributed by atoms with van der Waals surface area (Å²) >= 11 is 0. The summed E-state index contributed by atoms with van der Waals surface area (Å²) < 4.78 is 5.60. The van der Waals surface area contributed by atoms with Crippen molar-refractivity contribution in [3.8, 4) is 5.75 Å². The second-order valence-electron chi connectivity index (χ2n) is 12.2. The number of amides is 1. The summed E-state index contributed by atoms with van der Waals surface area (Å²) in [5.74, 6) is -7.13. The highest BCUT2D eigenvalue weighted by atomic mass is 16.5. The van der Waals surface area contributed by atoms with Gasteiger partial charge in [-0.25, -0.2) is 9.59 Å². The molecule has 0 aliphatic heterocycles. The van der Waals surface area contributed by atoms with Crippen molar-refractivity contribution in [1.82, 2.24) is 5.32 Å². The topological polar surface area (TPSA) is 188 Å². The van der Waals surface area contributed by atoms with E-state index in [1.54, 1.807) is 24.3 Å². The molecule has 0 saturated heterocycles. The van der Waals surface area contributed by atoms with Crippen LogP contribution >= 0.6 is 0 Å². The molecule has 0 bridgehead atoms. The fourth-order valence-corrected chi connectivity index (χ4v) is 4.96. The summed E-state index contributed by atoms with van der Waals surface area (Å²) in [5.41, 5.74) is -1.38. The lowest BCUT2D eigenvalue weighted by molar-refractivity contribution is -0.172. The largest absolute Gasteiger partial charge is 0.490 e. The molecule has 262 valence electrons. The molecule has 0 spiro atoms. The molecular weight excluding hydrogens is 606 g/mol. The maximum absolute atomic E-state index is 13.3. The maximum atomic E-state index is 13.3. The molecule has 11 heteroatoms. The molecule has 1 aromatic carbocycles. The van der Waals surface area contributed by atoms with Crippen molar-refractivity contribution in [3.63, 3.8) is 0 Å². The van der Waals surface area contributed by atoms with Crippen LogP contribution in [0.4, 0.5) is 0 Å². The number of aliphatic carboxylic acids is 3. The molecule has 3 atom stereocenters. The molecule has 0 aliphatic carbocycles. The molecule has 0 heterocycles. The standard InChI is InChI=1S/C36H53NO10/c1-4-5-6-9-12-15-28(38)16-13-10-7-8-11-14-17-30(36(46,35(44)45)25-32(39)40)33(41)37-31(34(42)43)24-27-18-20-29(21-19-27)47-23-22-26(2)3/h14,17-22,30-31,46H,4-13,15-16,23-25H2,1-3H3,(H,37,41)(H,39,40)(H,42,43)(H,44,45)/b17-14+/t30-,31+,36?/m1/s1. The van der Waals surface area contributed by atoms with Crippen molar-refractivity contribution in [2.75, 3.05) is 6.61 Å². The highest BCUT2D eigenvalue weighted by molar-refractivity contribution is 5.94. The Morgan fingerprint density at radius 1 is 0.872 bits per heavy atom. The van der Waals surface area contributed by atoms with E-state index in [0.717, 1.165) is 56.6 Å². The highest BCUT2D eigenvalue weighted by Crippen LogP contribution is 2.26. The maximum Gasteiger partial charge on any atom is 0.337 e. The van der Waals surface area contributed by atoms with Crippen LogP contribution in [0, 0.1) is 5.92 Å². The summed E-state index contributed by atoms with van der Waals surface area (Å²) in [7, 11) is 0. The lowest BCUT2D eigenvalue weighted by Gasteiger charge is -2.29. The summed E-state index contributed by atoms with van der Waals surface area (Å²) in [6.07, 6.45) is 13.2. The Morgan fingerprint density at radius 3 is 2.00 bits per heavy atom. The number of carbonyl (C=O) groups is 5. The third kappa shape index (κ3) is 16.9.